The quantitative estimate of drug-likeness (QED) is 0.886. The zero-order chi connectivity index (χ0) is 15.9. The van der Waals surface area contributed by atoms with Crippen molar-refractivity contribution < 1.29 is 27.8 Å². The average Bonchev–Trinajstić information content (AvgIpc) is 3.26. The Morgan fingerprint density at radius 2 is 2.14 bits per heavy atom. The lowest BCUT2D eigenvalue weighted by Gasteiger charge is -2.17. The SMILES string of the molecule is O=C1NN=C(c2ccc(OCCO)c(C(F)(F)F)c2)[C@@H]2C[C@H]12. The highest BCUT2D eigenvalue weighted by molar-refractivity contribution is 6.09. The zero-order valence-corrected chi connectivity index (χ0v) is 11.4. The van der Waals surface area contributed by atoms with Gasteiger partial charge < -0.3 is 9.84 Å². The smallest absolute Gasteiger partial charge is 0.419 e. The van der Waals surface area contributed by atoms with Crippen LogP contribution in [0, 0.1) is 11.8 Å². The third kappa shape index (κ3) is 2.66. The molecule has 1 amide bonds. The average molecular weight is 314 g/mol. The summed E-state index contributed by atoms with van der Waals surface area (Å²) in [6, 6.07) is 3.66. The molecular formula is C14H13F3N2O3. The summed E-state index contributed by atoms with van der Waals surface area (Å²) in [4.78, 5) is 11.4. The minimum Gasteiger partial charge on any atom is -0.491 e. The second-order valence-electron chi connectivity index (χ2n) is 5.20. The molecule has 1 saturated carbocycles. The maximum atomic E-state index is 13.1. The molecule has 0 unspecified atom stereocenters. The van der Waals surface area contributed by atoms with E-state index in [9.17, 15) is 18.0 Å². The number of benzene rings is 1. The Kier molecular flexibility index (Phi) is 3.56. The van der Waals surface area contributed by atoms with Gasteiger partial charge in [0, 0.05) is 11.8 Å². The highest BCUT2D eigenvalue weighted by atomic mass is 19.4. The number of carbonyl (C=O) groups is 1. The number of hydrogen-bond donors (Lipinski definition) is 2. The summed E-state index contributed by atoms with van der Waals surface area (Å²) in [5, 5.41) is 12.6. The van der Waals surface area contributed by atoms with E-state index in [0.29, 0.717) is 17.7 Å². The third-order valence-electron chi connectivity index (χ3n) is 3.69. The van der Waals surface area contributed by atoms with E-state index < -0.39 is 11.7 Å². The van der Waals surface area contributed by atoms with Crippen LogP contribution < -0.4 is 10.2 Å². The first kappa shape index (κ1) is 14.8. The van der Waals surface area contributed by atoms with Crippen molar-refractivity contribution in [1.29, 1.82) is 0 Å². The van der Waals surface area contributed by atoms with Crippen molar-refractivity contribution in [3.63, 3.8) is 0 Å². The topological polar surface area (TPSA) is 70.9 Å². The molecule has 0 bridgehead atoms. The fraction of sp³-hybridized carbons (Fsp3) is 0.429. The first-order chi connectivity index (χ1) is 10.4. The van der Waals surface area contributed by atoms with Crippen molar-refractivity contribution >= 4 is 11.6 Å². The number of hydrazone groups is 1. The van der Waals surface area contributed by atoms with Gasteiger partial charge >= 0.3 is 6.18 Å². The summed E-state index contributed by atoms with van der Waals surface area (Å²) in [5.74, 6) is -0.822. The fourth-order valence-corrected chi connectivity index (χ4v) is 2.54. The maximum Gasteiger partial charge on any atom is 0.419 e. The van der Waals surface area contributed by atoms with Crippen molar-refractivity contribution in [3.8, 4) is 5.75 Å². The maximum absolute atomic E-state index is 13.1. The summed E-state index contributed by atoms with van der Waals surface area (Å²) >= 11 is 0. The second kappa shape index (κ2) is 5.28. The van der Waals surface area contributed by atoms with E-state index in [1.54, 1.807) is 0 Å². The molecule has 22 heavy (non-hydrogen) atoms. The number of rotatable bonds is 4. The summed E-state index contributed by atoms with van der Waals surface area (Å²) in [6.45, 7) is -0.592. The lowest BCUT2D eigenvalue weighted by Crippen LogP contribution is -2.29. The van der Waals surface area contributed by atoms with Gasteiger partial charge in [0.15, 0.2) is 0 Å². The van der Waals surface area contributed by atoms with Crippen molar-refractivity contribution in [2.45, 2.75) is 12.6 Å². The number of aliphatic hydroxyl groups excluding tert-OH is 1. The lowest BCUT2D eigenvalue weighted by atomic mass is 10.0. The Morgan fingerprint density at radius 3 is 2.82 bits per heavy atom. The molecule has 0 spiro atoms. The van der Waals surface area contributed by atoms with Gasteiger partial charge in [-0.3, -0.25) is 4.79 Å². The number of halogens is 3. The van der Waals surface area contributed by atoms with Crippen molar-refractivity contribution in [2.24, 2.45) is 16.9 Å². The van der Waals surface area contributed by atoms with Crippen LogP contribution in [0.25, 0.3) is 0 Å². The normalized spacial score (nSPS) is 23.5. The minimum absolute atomic E-state index is 0.112. The van der Waals surface area contributed by atoms with Crippen LogP contribution >= 0.6 is 0 Å². The number of carbonyl (C=O) groups excluding carboxylic acids is 1. The highest BCUT2D eigenvalue weighted by Gasteiger charge is 2.49. The number of aliphatic hydroxyl groups is 1. The second-order valence-corrected chi connectivity index (χ2v) is 5.20. The van der Waals surface area contributed by atoms with Gasteiger partial charge in [0.2, 0.25) is 5.91 Å². The molecule has 3 rings (SSSR count). The number of fused-ring (bicyclic) bond motifs is 1. The molecule has 1 aromatic carbocycles. The van der Waals surface area contributed by atoms with Gasteiger partial charge in [-0.05, 0) is 30.2 Å². The van der Waals surface area contributed by atoms with Gasteiger partial charge in [-0.2, -0.15) is 18.3 Å². The molecule has 0 aromatic heterocycles. The van der Waals surface area contributed by atoms with Gasteiger partial charge in [0.1, 0.15) is 12.4 Å². The van der Waals surface area contributed by atoms with Crippen molar-refractivity contribution in [2.75, 3.05) is 13.2 Å². The van der Waals surface area contributed by atoms with Crippen LogP contribution in [0.5, 0.6) is 5.75 Å². The predicted molar refractivity (Wildman–Crippen MR) is 70.3 cm³/mol. The first-order valence-corrected chi connectivity index (χ1v) is 6.74. The van der Waals surface area contributed by atoms with E-state index >= 15 is 0 Å². The van der Waals surface area contributed by atoms with Gasteiger partial charge in [0.25, 0.3) is 0 Å². The van der Waals surface area contributed by atoms with E-state index in [0.717, 1.165) is 6.07 Å². The van der Waals surface area contributed by atoms with E-state index in [1.165, 1.54) is 12.1 Å². The number of hydrogen-bond acceptors (Lipinski definition) is 4. The van der Waals surface area contributed by atoms with Crippen LogP contribution in [0.4, 0.5) is 13.2 Å². The number of amides is 1. The Hall–Kier alpha value is -2.09. The number of nitrogens with one attached hydrogen (secondary N) is 1. The van der Waals surface area contributed by atoms with Gasteiger partial charge in [-0.1, -0.05) is 0 Å². The molecule has 1 heterocycles. The van der Waals surface area contributed by atoms with E-state index in [-0.39, 0.29) is 36.7 Å². The van der Waals surface area contributed by atoms with Crippen LogP contribution in [0.3, 0.4) is 0 Å². The highest BCUT2D eigenvalue weighted by Crippen LogP contribution is 2.44. The molecule has 0 saturated heterocycles. The number of alkyl halides is 3. The molecule has 1 aliphatic heterocycles. The molecule has 2 atom stereocenters. The Morgan fingerprint density at radius 1 is 1.36 bits per heavy atom. The van der Waals surface area contributed by atoms with Crippen LogP contribution in [0.1, 0.15) is 17.5 Å². The third-order valence-corrected chi connectivity index (χ3v) is 3.69. The summed E-state index contributed by atoms with van der Waals surface area (Å²) in [6.07, 6.45) is -3.98. The summed E-state index contributed by atoms with van der Waals surface area (Å²) in [7, 11) is 0. The van der Waals surface area contributed by atoms with Crippen molar-refractivity contribution in [1.82, 2.24) is 5.43 Å². The molecule has 1 aliphatic carbocycles. The first-order valence-electron chi connectivity index (χ1n) is 6.74. The number of nitrogens with zero attached hydrogens (tertiary/aromatic N) is 1. The standard InChI is InChI=1S/C14H13F3N2O3/c15-14(16,17)10-5-7(1-2-11(10)22-4-3-20)12-8-6-9(8)13(21)19-18-12/h1-2,5,8-9,20H,3-4,6H2,(H,19,21)/t8-,9+/m1/s1. The molecular weight excluding hydrogens is 301 g/mol. The van der Waals surface area contributed by atoms with Gasteiger partial charge in [0.05, 0.1) is 17.9 Å². The van der Waals surface area contributed by atoms with E-state index in [1.807, 2.05) is 0 Å². The van der Waals surface area contributed by atoms with Crippen LogP contribution in [0.2, 0.25) is 0 Å². The molecule has 2 aliphatic rings. The van der Waals surface area contributed by atoms with Crippen molar-refractivity contribution in [3.05, 3.63) is 29.3 Å². The Labute approximate surface area is 123 Å². The Balaban J connectivity index is 1.95. The van der Waals surface area contributed by atoms with Crippen LogP contribution in [-0.4, -0.2) is 29.9 Å². The molecule has 5 nitrogen and oxygen atoms in total. The summed E-state index contributed by atoms with van der Waals surface area (Å²) in [5.41, 5.74) is 2.19. The van der Waals surface area contributed by atoms with Crippen LogP contribution in [-0.2, 0) is 11.0 Å². The lowest BCUT2D eigenvalue weighted by molar-refractivity contribution is -0.139. The molecule has 1 aromatic rings. The Bertz CT molecular complexity index is 643. The molecule has 1 fully saturated rings. The molecule has 2 N–H and O–H groups in total. The largest absolute Gasteiger partial charge is 0.491 e. The monoisotopic (exact) mass is 314 g/mol. The fourth-order valence-electron chi connectivity index (χ4n) is 2.54. The van der Waals surface area contributed by atoms with Crippen LogP contribution in [0.15, 0.2) is 23.3 Å². The van der Waals surface area contributed by atoms with Gasteiger partial charge in [-0.25, -0.2) is 5.43 Å². The number of ether oxygens (including phenoxy) is 1. The predicted octanol–water partition coefficient (Wildman–Crippen LogP) is 1.55. The van der Waals surface area contributed by atoms with Gasteiger partial charge in [-0.15, -0.1) is 0 Å². The van der Waals surface area contributed by atoms with E-state index in [2.05, 4.69) is 10.5 Å². The molecule has 118 valence electrons. The van der Waals surface area contributed by atoms with E-state index in [4.69, 9.17) is 9.84 Å². The zero-order valence-electron chi connectivity index (χ0n) is 11.4. The molecule has 0 radical (unpaired) electrons. The summed E-state index contributed by atoms with van der Waals surface area (Å²) < 4.78 is 44.4. The minimum atomic E-state index is -4.58. The molecule has 8 heteroatoms.